The number of halogens is 1. The van der Waals surface area contributed by atoms with Gasteiger partial charge in [0.2, 0.25) is 0 Å². The smallest absolute Gasteiger partial charge is 0.170 e. The third-order valence-corrected chi connectivity index (χ3v) is 2.89. The van der Waals surface area contributed by atoms with E-state index >= 15 is 0 Å². The Hall–Kier alpha value is -0.580. The molecule has 0 amide bonds. The quantitative estimate of drug-likeness (QED) is 0.689. The van der Waals surface area contributed by atoms with E-state index in [1.165, 1.54) is 0 Å². The van der Waals surface area contributed by atoms with Gasteiger partial charge >= 0.3 is 0 Å². The zero-order chi connectivity index (χ0) is 10.3. The topological polar surface area (TPSA) is 26.3 Å². The van der Waals surface area contributed by atoms with Crippen LogP contribution >= 0.6 is 22.6 Å². The zero-order valence-electron chi connectivity index (χ0n) is 8.13. The van der Waals surface area contributed by atoms with Crippen LogP contribution < -0.4 is 4.74 Å². The Morgan fingerprint density at radius 2 is 2.14 bits per heavy atom. The highest BCUT2D eigenvalue weighted by Gasteiger charge is 2.32. The van der Waals surface area contributed by atoms with Gasteiger partial charge in [-0.1, -0.05) is 0 Å². The van der Waals surface area contributed by atoms with Crippen LogP contribution in [-0.4, -0.2) is 11.4 Å². The first kappa shape index (κ1) is 9.96. The monoisotopic (exact) mass is 302 g/mol. The van der Waals surface area contributed by atoms with Crippen LogP contribution in [0, 0.1) is 3.57 Å². The number of benzene rings is 1. The maximum Gasteiger partial charge on any atom is 0.170 e. The van der Waals surface area contributed by atoms with Gasteiger partial charge in [-0.05, 0) is 54.6 Å². The molecule has 0 aromatic heterocycles. The standard InChI is InChI=1S/C11H11IO2/c1-11(2)6-9(13)8-4-3-7(12)5-10(8)14-11/h3-5H,6H2,1-2H3. The van der Waals surface area contributed by atoms with Gasteiger partial charge in [0.1, 0.15) is 11.4 Å². The lowest BCUT2D eigenvalue weighted by Crippen LogP contribution is -2.35. The molecule has 0 saturated heterocycles. The number of fused-ring (bicyclic) bond motifs is 1. The Morgan fingerprint density at radius 1 is 1.43 bits per heavy atom. The second-order valence-corrected chi connectivity index (χ2v) is 5.35. The lowest BCUT2D eigenvalue weighted by molar-refractivity contribution is 0.0619. The van der Waals surface area contributed by atoms with E-state index in [9.17, 15) is 4.79 Å². The summed E-state index contributed by atoms with van der Waals surface area (Å²) in [5.74, 6) is 0.894. The summed E-state index contributed by atoms with van der Waals surface area (Å²) in [7, 11) is 0. The first-order valence-electron chi connectivity index (χ1n) is 4.50. The maximum absolute atomic E-state index is 11.7. The molecular weight excluding hydrogens is 291 g/mol. The molecule has 0 fully saturated rings. The molecule has 0 bridgehead atoms. The molecule has 3 heteroatoms. The van der Waals surface area contributed by atoms with Gasteiger partial charge in [-0.15, -0.1) is 0 Å². The van der Waals surface area contributed by atoms with Crippen LogP contribution in [0.4, 0.5) is 0 Å². The summed E-state index contributed by atoms with van der Waals surface area (Å²) < 4.78 is 6.83. The normalized spacial score (nSPS) is 18.6. The zero-order valence-corrected chi connectivity index (χ0v) is 10.3. The van der Waals surface area contributed by atoms with Gasteiger partial charge in [-0.2, -0.15) is 0 Å². The number of hydrogen-bond acceptors (Lipinski definition) is 2. The highest BCUT2D eigenvalue weighted by Crippen LogP contribution is 2.33. The Morgan fingerprint density at radius 3 is 2.86 bits per heavy atom. The molecular formula is C11H11IO2. The summed E-state index contributed by atoms with van der Waals surface area (Å²) in [5, 5.41) is 0. The molecule has 1 aliphatic rings. The van der Waals surface area contributed by atoms with Crippen LogP contribution in [0.2, 0.25) is 0 Å². The van der Waals surface area contributed by atoms with Crippen molar-refractivity contribution in [2.45, 2.75) is 25.9 Å². The van der Waals surface area contributed by atoms with E-state index < -0.39 is 0 Å². The molecule has 0 unspecified atom stereocenters. The van der Waals surface area contributed by atoms with Crippen molar-refractivity contribution in [1.82, 2.24) is 0 Å². The Bertz CT molecular complexity index is 396. The lowest BCUT2D eigenvalue weighted by Gasteiger charge is -2.31. The van der Waals surface area contributed by atoms with E-state index in [1.807, 2.05) is 32.0 Å². The molecule has 0 aliphatic carbocycles. The van der Waals surface area contributed by atoms with Gasteiger partial charge in [0.15, 0.2) is 5.78 Å². The first-order chi connectivity index (χ1) is 6.48. The number of rotatable bonds is 0. The molecule has 1 aromatic rings. The molecule has 74 valence electrons. The third kappa shape index (κ3) is 1.78. The van der Waals surface area contributed by atoms with E-state index in [0.29, 0.717) is 12.0 Å². The minimum Gasteiger partial charge on any atom is -0.487 e. The number of hydrogen-bond donors (Lipinski definition) is 0. The van der Waals surface area contributed by atoms with Gasteiger partial charge in [-0.3, -0.25) is 4.79 Å². The van der Waals surface area contributed by atoms with E-state index in [4.69, 9.17) is 4.74 Å². The average molecular weight is 302 g/mol. The van der Waals surface area contributed by atoms with Crippen molar-refractivity contribution < 1.29 is 9.53 Å². The summed E-state index contributed by atoms with van der Waals surface area (Å²) in [6.45, 7) is 3.88. The molecule has 1 aromatic carbocycles. The molecule has 1 heterocycles. The molecule has 2 rings (SSSR count). The van der Waals surface area contributed by atoms with Crippen molar-refractivity contribution in [2.75, 3.05) is 0 Å². The second-order valence-electron chi connectivity index (χ2n) is 4.10. The Balaban J connectivity index is 2.51. The Labute approximate surface area is 96.8 Å². The molecule has 0 radical (unpaired) electrons. The predicted molar refractivity (Wildman–Crippen MR) is 62.8 cm³/mol. The summed E-state index contributed by atoms with van der Waals surface area (Å²) in [6, 6.07) is 5.68. The van der Waals surface area contributed by atoms with Gasteiger partial charge in [-0.25, -0.2) is 0 Å². The van der Waals surface area contributed by atoms with Crippen LogP contribution in [0.5, 0.6) is 5.75 Å². The summed E-state index contributed by atoms with van der Waals surface area (Å²) in [6.07, 6.45) is 0.459. The van der Waals surface area contributed by atoms with Gasteiger partial charge < -0.3 is 4.74 Å². The third-order valence-electron chi connectivity index (χ3n) is 2.22. The minimum absolute atomic E-state index is 0.174. The highest BCUT2D eigenvalue weighted by molar-refractivity contribution is 14.1. The van der Waals surface area contributed by atoms with Gasteiger partial charge in [0.05, 0.1) is 12.0 Å². The molecule has 0 N–H and O–H groups in total. The molecule has 14 heavy (non-hydrogen) atoms. The molecule has 1 aliphatic heterocycles. The van der Waals surface area contributed by atoms with Crippen molar-refractivity contribution in [3.05, 3.63) is 27.3 Å². The van der Waals surface area contributed by atoms with Crippen LogP contribution in [0.1, 0.15) is 30.6 Å². The minimum atomic E-state index is -0.367. The van der Waals surface area contributed by atoms with Crippen molar-refractivity contribution in [3.63, 3.8) is 0 Å². The second kappa shape index (κ2) is 3.22. The number of carbonyl (C=O) groups excluding carboxylic acids is 1. The summed E-state index contributed by atoms with van der Waals surface area (Å²) in [4.78, 5) is 11.7. The maximum atomic E-state index is 11.7. The molecule has 2 nitrogen and oxygen atoms in total. The van der Waals surface area contributed by atoms with Crippen LogP contribution in [0.3, 0.4) is 0 Å². The molecule has 0 spiro atoms. The summed E-state index contributed by atoms with van der Waals surface area (Å²) in [5.41, 5.74) is 0.346. The van der Waals surface area contributed by atoms with Crippen molar-refractivity contribution in [2.24, 2.45) is 0 Å². The van der Waals surface area contributed by atoms with Crippen LogP contribution in [0.25, 0.3) is 0 Å². The number of carbonyl (C=O) groups is 1. The SMILES string of the molecule is CC1(C)CC(=O)c2ccc(I)cc2O1. The largest absolute Gasteiger partial charge is 0.487 e. The lowest BCUT2D eigenvalue weighted by atomic mass is 9.93. The number of Topliss-reactive ketones (excluding diaryl/α,β-unsaturated/α-hetero) is 1. The van der Waals surface area contributed by atoms with E-state index in [0.717, 1.165) is 9.32 Å². The van der Waals surface area contributed by atoms with Crippen molar-refractivity contribution in [1.29, 1.82) is 0 Å². The van der Waals surface area contributed by atoms with Crippen molar-refractivity contribution in [3.8, 4) is 5.75 Å². The van der Waals surface area contributed by atoms with E-state index in [-0.39, 0.29) is 11.4 Å². The number of ether oxygens (including phenoxy) is 1. The van der Waals surface area contributed by atoms with E-state index in [2.05, 4.69) is 22.6 Å². The predicted octanol–water partition coefficient (Wildman–Crippen LogP) is 3.04. The fourth-order valence-corrected chi connectivity index (χ4v) is 2.09. The first-order valence-corrected chi connectivity index (χ1v) is 5.58. The highest BCUT2D eigenvalue weighted by atomic mass is 127. The van der Waals surface area contributed by atoms with Crippen LogP contribution in [-0.2, 0) is 0 Å². The van der Waals surface area contributed by atoms with Crippen LogP contribution in [0.15, 0.2) is 18.2 Å². The molecule has 0 saturated carbocycles. The summed E-state index contributed by atoms with van der Waals surface area (Å²) >= 11 is 2.21. The average Bonchev–Trinajstić information content (AvgIpc) is 2.00. The van der Waals surface area contributed by atoms with Gasteiger partial charge in [0, 0.05) is 3.57 Å². The van der Waals surface area contributed by atoms with Gasteiger partial charge in [0.25, 0.3) is 0 Å². The fraction of sp³-hybridized carbons (Fsp3) is 0.364. The number of ketones is 1. The fourth-order valence-electron chi connectivity index (χ4n) is 1.63. The Kier molecular flexibility index (Phi) is 2.29. The molecule has 0 atom stereocenters. The van der Waals surface area contributed by atoms with Crippen molar-refractivity contribution >= 4 is 28.4 Å². The van der Waals surface area contributed by atoms with E-state index in [1.54, 1.807) is 0 Å².